The SMILES string of the molecule is CCC1CCCCN1C(=O)CC(N)c1ccccc1. The van der Waals surface area contributed by atoms with Crippen LogP contribution in [0.5, 0.6) is 0 Å². The normalized spacial score (nSPS) is 21.2. The second-order valence-electron chi connectivity index (χ2n) is 5.37. The molecule has 3 nitrogen and oxygen atoms in total. The zero-order chi connectivity index (χ0) is 13.7. The van der Waals surface area contributed by atoms with Gasteiger partial charge in [-0.05, 0) is 31.2 Å². The molecule has 1 aromatic carbocycles. The highest BCUT2D eigenvalue weighted by Gasteiger charge is 2.26. The Morgan fingerprint density at radius 2 is 2.11 bits per heavy atom. The van der Waals surface area contributed by atoms with Gasteiger partial charge in [0.25, 0.3) is 0 Å². The number of hydrogen-bond donors (Lipinski definition) is 1. The number of benzene rings is 1. The summed E-state index contributed by atoms with van der Waals surface area (Å²) in [4.78, 5) is 14.4. The second kappa shape index (κ2) is 6.71. The quantitative estimate of drug-likeness (QED) is 0.904. The lowest BCUT2D eigenvalue weighted by Crippen LogP contribution is -2.44. The van der Waals surface area contributed by atoms with Gasteiger partial charge in [0.2, 0.25) is 5.91 Å². The van der Waals surface area contributed by atoms with Crippen molar-refractivity contribution in [2.75, 3.05) is 6.54 Å². The Morgan fingerprint density at radius 1 is 1.37 bits per heavy atom. The first-order chi connectivity index (χ1) is 9.22. The Hall–Kier alpha value is -1.35. The molecule has 0 aliphatic carbocycles. The molecule has 0 radical (unpaired) electrons. The Balaban J connectivity index is 1.96. The highest BCUT2D eigenvalue weighted by molar-refractivity contribution is 5.77. The summed E-state index contributed by atoms with van der Waals surface area (Å²) in [5.41, 5.74) is 7.18. The van der Waals surface area contributed by atoms with Gasteiger partial charge in [-0.1, -0.05) is 37.3 Å². The largest absolute Gasteiger partial charge is 0.340 e. The molecule has 0 spiro atoms. The predicted molar refractivity (Wildman–Crippen MR) is 77.6 cm³/mol. The van der Waals surface area contributed by atoms with Crippen molar-refractivity contribution >= 4 is 5.91 Å². The fourth-order valence-electron chi connectivity index (χ4n) is 2.88. The third-order valence-electron chi connectivity index (χ3n) is 4.04. The first-order valence-electron chi connectivity index (χ1n) is 7.32. The topological polar surface area (TPSA) is 46.3 Å². The van der Waals surface area contributed by atoms with Crippen LogP contribution in [-0.2, 0) is 4.79 Å². The maximum Gasteiger partial charge on any atom is 0.224 e. The molecule has 2 N–H and O–H groups in total. The summed E-state index contributed by atoms with van der Waals surface area (Å²) in [5, 5.41) is 0. The van der Waals surface area contributed by atoms with Gasteiger partial charge in [0.05, 0.1) is 0 Å². The van der Waals surface area contributed by atoms with Crippen molar-refractivity contribution < 1.29 is 4.79 Å². The molecule has 1 amide bonds. The summed E-state index contributed by atoms with van der Waals surface area (Å²) in [5.74, 6) is 0.211. The summed E-state index contributed by atoms with van der Waals surface area (Å²) < 4.78 is 0. The fourth-order valence-corrected chi connectivity index (χ4v) is 2.88. The van der Waals surface area contributed by atoms with Crippen molar-refractivity contribution in [2.24, 2.45) is 5.73 Å². The molecule has 2 atom stereocenters. The number of nitrogens with zero attached hydrogens (tertiary/aromatic N) is 1. The summed E-state index contributed by atoms with van der Waals surface area (Å²) in [7, 11) is 0. The molecule has 0 aromatic heterocycles. The molecule has 3 heteroatoms. The lowest BCUT2D eigenvalue weighted by molar-refractivity contribution is -0.135. The monoisotopic (exact) mass is 260 g/mol. The lowest BCUT2D eigenvalue weighted by Gasteiger charge is -2.36. The molecule has 0 bridgehead atoms. The van der Waals surface area contributed by atoms with Crippen LogP contribution in [0.25, 0.3) is 0 Å². The summed E-state index contributed by atoms with van der Waals surface area (Å²) in [6, 6.07) is 10.1. The van der Waals surface area contributed by atoms with E-state index in [4.69, 9.17) is 5.73 Å². The smallest absolute Gasteiger partial charge is 0.224 e. The molecule has 1 saturated heterocycles. The number of amides is 1. The Morgan fingerprint density at radius 3 is 2.79 bits per heavy atom. The molecule has 2 rings (SSSR count). The highest BCUT2D eigenvalue weighted by Crippen LogP contribution is 2.22. The first kappa shape index (κ1) is 14.1. The third-order valence-corrected chi connectivity index (χ3v) is 4.04. The van der Waals surface area contributed by atoms with E-state index >= 15 is 0 Å². The molecule has 1 aromatic rings. The van der Waals surface area contributed by atoms with Gasteiger partial charge in [-0.2, -0.15) is 0 Å². The van der Waals surface area contributed by atoms with E-state index in [0.717, 1.165) is 31.4 Å². The first-order valence-corrected chi connectivity index (χ1v) is 7.32. The van der Waals surface area contributed by atoms with E-state index in [0.29, 0.717) is 12.5 Å². The van der Waals surface area contributed by atoms with Gasteiger partial charge in [0.15, 0.2) is 0 Å². The Labute approximate surface area is 115 Å². The van der Waals surface area contributed by atoms with Crippen molar-refractivity contribution in [1.29, 1.82) is 0 Å². The van der Waals surface area contributed by atoms with Gasteiger partial charge in [-0.25, -0.2) is 0 Å². The highest BCUT2D eigenvalue weighted by atomic mass is 16.2. The molecule has 0 saturated carbocycles. The van der Waals surface area contributed by atoms with Gasteiger partial charge in [-0.3, -0.25) is 4.79 Å². The number of piperidine rings is 1. The number of carbonyl (C=O) groups is 1. The van der Waals surface area contributed by atoms with Crippen molar-refractivity contribution in [3.63, 3.8) is 0 Å². The van der Waals surface area contributed by atoms with E-state index in [1.807, 2.05) is 35.2 Å². The van der Waals surface area contributed by atoms with E-state index in [9.17, 15) is 4.79 Å². The molecular weight excluding hydrogens is 236 g/mol. The Bertz CT molecular complexity index is 404. The lowest BCUT2D eigenvalue weighted by atomic mass is 9.98. The summed E-state index contributed by atoms with van der Waals surface area (Å²) in [6.07, 6.45) is 4.98. The van der Waals surface area contributed by atoms with Crippen LogP contribution < -0.4 is 5.73 Å². The maximum absolute atomic E-state index is 12.4. The van der Waals surface area contributed by atoms with E-state index in [1.165, 1.54) is 6.42 Å². The van der Waals surface area contributed by atoms with Gasteiger partial charge >= 0.3 is 0 Å². The van der Waals surface area contributed by atoms with Gasteiger partial charge in [0.1, 0.15) is 0 Å². The van der Waals surface area contributed by atoms with Crippen LogP contribution >= 0.6 is 0 Å². The van der Waals surface area contributed by atoms with Gasteiger partial charge in [-0.15, -0.1) is 0 Å². The van der Waals surface area contributed by atoms with Crippen LogP contribution in [0.4, 0.5) is 0 Å². The van der Waals surface area contributed by atoms with Crippen LogP contribution in [-0.4, -0.2) is 23.4 Å². The summed E-state index contributed by atoms with van der Waals surface area (Å²) >= 11 is 0. The number of carbonyl (C=O) groups excluding carboxylic acids is 1. The molecule has 1 aliphatic heterocycles. The van der Waals surface area contributed by atoms with Crippen molar-refractivity contribution in [3.05, 3.63) is 35.9 Å². The number of nitrogens with two attached hydrogens (primary N) is 1. The standard InChI is InChI=1S/C16H24N2O/c1-2-14-10-6-7-11-18(14)16(19)12-15(17)13-8-4-3-5-9-13/h3-5,8-9,14-15H,2,6-7,10-12,17H2,1H3. The predicted octanol–water partition coefficient (Wildman–Crippen LogP) is 2.87. The van der Waals surface area contributed by atoms with Crippen LogP contribution in [0.1, 0.15) is 50.6 Å². The average molecular weight is 260 g/mol. The van der Waals surface area contributed by atoms with E-state index in [2.05, 4.69) is 6.92 Å². The zero-order valence-corrected chi connectivity index (χ0v) is 11.7. The van der Waals surface area contributed by atoms with Crippen molar-refractivity contribution in [2.45, 2.75) is 51.1 Å². The maximum atomic E-state index is 12.4. The molecule has 2 unspecified atom stereocenters. The van der Waals surface area contributed by atoms with E-state index in [1.54, 1.807) is 0 Å². The molecule has 1 fully saturated rings. The molecule has 104 valence electrons. The van der Waals surface area contributed by atoms with Gasteiger partial charge in [0, 0.05) is 25.0 Å². The fraction of sp³-hybridized carbons (Fsp3) is 0.562. The average Bonchev–Trinajstić information content (AvgIpc) is 2.48. The number of likely N-dealkylation sites (tertiary alicyclic amines) is 1. The van der Waals surface area contributed by atoms with Gasteiger partial charge < -0.3 is 10.6 Å². The molecule has 1 aliphatic rings. The van der Waals surface area contributed by atoms with Crippen molar-refractivity contribution in [3.8, 4) is 0 Å². The minimum Gasteiger partial charge on any atom is -0.340 e. The number of hydrogen-bond acceptors (Lipinski definition) is 2. The third kappa shape index (κ3) is 3.57. The minimum absolute atomic E-state index is 0.187. The molecule has 1 heterocycles. The van der Waals surface area contributed by atoms with Crippen LogP contribution in [0, 0.1) is 0 Å². The van der Waals surface area contributed by atoms with Crippen LogP contribution in [0.3, 0.4) is 0 Å². The second-order valence-corrected chi connectivity index (χ2v) is 5.37. The summed E-state index contributed by atoms with van der Waals surface area (Å²) in [6.45, 7) is 3.06. The Kier molecular flexibility index (Phi) is 4.97. The van der Waals surface area contributed by atoms with E-state index < -0.39 is 0 Å². The van der Waals surface area contributed by atoms with Crippen LogP contribution in [0.15, 0.2) is 30.3 Å². The van der Waals surface area contributed by atoms with Crippen molar-refractivity contribution in [1.82, 2.24) is 4.90 Å². The molecular formula is C16H24N2O. The zero-order valence-electron chi connectivity index (χ0n) is 11.7. The van der Waals surface area contributed by atoms with Crippen LogP contribution in [0.2, 0.25) is 0 Å². The van der Waals surface area contributed by atoms with E-state index in [-0.39, 0.29) is 11.9 Å². The minimum atomic E-state index is -0.187. The molecule has 19 heavy (non-hydrogen) atoms. The number of rotatable bonds is 4.